The van der Waals surface area contributed by atoms with E-state index in [4.69, 9.17) is 17.3 Å². The lowest BCUT2D eigenvalue weighted by molar-refractivity contribution is 1.05. The first-order chi connectivity index (χ1) is 7.70. The lowest BCUT2D eigenvalue weighted by atomic mass is 10.1. The number of pyridine rings is 1. The van der Waals surface area contributed by atoms with Gasteiger partial charge in [0.15, 0.2) is 0 Å². The number of nitrogens with zero attached hydrogens (tertiary/aromatic N) is 1. The van der Waals surface area contributed by atoms with E-state index in [-0.39, 0.29) is 0 Å². The molecule has 0 bridgehead atoms. The normalized spacial score (nSPS) is 10.4. The highest BCUT2D eigenvalue weighted by Crippen LogP contribution is 2.21. The summed E-state index contributed by atoms with van der Waals surface area (Å²) in [6.45, 7) is 2.47. The van der Waals surface area contributed by atoms with Crippen LogP contribution in [0.25, 0.3) is 11.3 Å². The van der Waals surface area contributed by atoms with E-state index in [1.165, 1.54) is 5.56 Å². The smallest absolute Gasteiger partial charge is 0.134 e. The number of benzene rings is 1. The first kappa shape index (κ1) is 11.1. The Labute approximate surface area is 100 Å². The zero-order valence-electron chi connectivity index (χ0n) is 9.07. The molecular formula is C13H13ClN2. The maximum absolute atomic E-state index is 6.02. The van der Waals surface area contributed by atoms with Gasteiger partial charge in [0.05, 0.1) is 5.69 Å². The van der Waals surface area contributed by atoms with Crippen LogP contribution >= 0.6 is 11.6 Å². The third kappa shape index (κ3) is 2.23. The molecule has 16 heavy (non-hydrogen) atoms. The van der Waals surface area contributed by atoms with Crippen molar-refractivity contribution in [3.63, 3.8) is 0 Å². The molecule has 2 aromatic rings. The molecule has 0 unspecified atom stereocenters. The Morgan fingerprint density at radius 2 is 1.81 bits per heavy atom. The van der Waals surface area contributed by atoms with Crippen molar-refractivity contribution in [3.8, 4) is 11.3 Å². The average molecular weight is 233 g/mol. The van der Waals surface area contributed by atoms with Crippen LogP contribution < -0.4 is 5.73 Å². The molecule has 0 saturated heterocycles. The fraction of sp³-hybridized carbons (Fsp3) is 0.154. The second-order valence-electron chi connectivity index (χ2n) is 3.72. The van der Waals surface area contributed by atoms with Crippen molar-refractivity contribution in [2.24, 2.45) is 5.73 Å². The van der Waals surface area contributed by atoms with Gasteiger partial charge in [-0.25, -0.2) is 4.98 Å². The van der Waals surface area contributed by atoms with E-state index in [0.717, 1.165) is 16.8 Å². The predicted octanol–water partition coefficient (Wildman–Crippen LogP) is 3.17. The molecule has 3 heteroatoms. The van der Waals surface area contributed by atoms with Crippen molar-refractivity contribution >= 4 is 11.6 Å². The van der Waals surface area contributed by atoms with Crippen LogP contribution in [0.4, 0.5) is 0 Å². The molecule has 0 aliphatic rings. The minimum absolute atomic E-state index is 0.417. The van der Waals surface area contributed by atoms with Crippen LogP contribution in [0.3, 0.4) is 0 Å². The van der Waals surface area contributed by atoms with Crippen LogP contribution in [-0.4, -0.2) is 4.98 Å². The van der Waals surface area contributed by atoms with Gasteiger partial charge in [0, 0.05) is 17.7 Å². The molecule has 2 rings (SSSR count). The summed E-state index contributed by atoms with van der Waals surface area (Å²) in [5.41, 5.74) is 9.58. The van der Waals surface area contributed by atoms with Gasteiger partial charge in [-0.1, -0.05) is 47.5 Å². The predicted molar refractivity (Wildman–Crippen MR) is 67.3 cm³/mol. The summed E-state index contributed by atoms with van der Waals surface area (Å²) in [4.78, 5) is 4.33. The number of hydrogen-bond acceptors (Lipinski definition) is 2. The van der Waals surface area contributed by atoms with Crippen LogP contribution in [0.2, 0.25) is 5.15 Å². The van der Waals surface area contributed by atoms with E-state index in [2.05, 4.69) is 24.0 Å². The standard InChI is InChI=1S/C13H13ClN2/c1-9-2-4-10(5-3-9)12-7-6-11(8-15)13(14)16-12/h2-7H,8,15H2,1H3. The molecule has 1 aromatic carbocycles. The van der Waals surface area contributed by atoms with Gasteiger partial charge in [-0.3, -0.25) is 0 Å². The second kappa shape index (κ2) is 4.64. The summed E-state index contributed by atoms with van der Waals surface area (Å²) < 4.78 is 0. The molecule has 2 nitrogen and oxygen atoms in total. The number of aromatic nitrogens is 1. The van der Waals surface area contributed by atoms with Crippen molar-refractivity contribution in [3.05, 3.63) is 52.7 Å². The Morgan fingerprint density at radius 1 is 1.12 bits per heavy atom. The molecule has 0 amide bonds. The summed E-state index contributed by atoms with van der Waals surface area (Å²) in [6.07, 6.45) is 0. The van der Waals surface area contributed by atoms with Gasteiger partial charge in [0.2, 0.25) is 0 Å². The number of halogens is 1. The Kier molecular flexibility index (Phi) is 3.22. The molecule has 0 radical (unpaired) electrons. The summed E-state index contributed by atoms with van der Waals surface area (Å²) in [6, 6.07) is 12.1. The van der Waals surface area contributed by atoms with Crippen molar-refractivity contribution in [2.75, 3.05) is 0 Å². The van der Waals surface area contributed by atoms with E-state index in [1.54, 1.807) is 0 Å². The van der Waals surface area contributed by atoms with Gasteiger partial charge >= 0.3 is 0 Å². The largest absolute Gasteiger partial charge is 0.326 e. The number of aryl methyl sites for hydroxylation is 1. The SMILES string of the molecule is Cc1ccc(-c2ccc(CN)c(Cl)n2)cc1. The van der Waals surface area contributed by atoms with Crippen molar-refractivity contribution in [2.45, 2.75) is 13.5 Å². The van der Waals surface area contributed by atoms with Gasteiger partial charge in [-0.05, 0) is 13.0 Å². The van der Waals surface area contributed by atoms with Crippen molar-refractivity contribution in [1.29, 1.82) is 0 Å². The molecule has 0 atom stereocenters. The molecule has 1 aromatic heterocycles. The Morgan fingerprint density at radius 3 is 2.38 bits per heavy atom. The third-order valence-corrected chi connectivity index (χ3v) is 2.82. The third-order valence-electron chi connectivity index (χ3n) is 2.49. The molecule has 0 spiro atoms. The van der Waals surface area contributed by atoms with Gasteiger partial charge in [-0.2, -0.15) is 0 Å². The first-order valence-electron chi connectivity index (χ1n) is 5.13. The zero-order valence-corrected chi connectivity index (χ0v) is 9.83. The van der Waals surface area contributed by atoms with E-state index in [9.17, 15) is 0 Å². The number of hydrogen-bond donors (Lipinski definition) is 1. The molecule has 0 fully saturated rings. The van der Waals surface area contributed by atoms with Crippen LogP contribution in [-0.2, 0) is 6.54 Å². The van der Waals surface area contributed by atoms with E-state index in [1.807, 2.05) is 24.3 Å². The monoisotopic (exact) mass is 232 g/mol. The fourth-order valence-electron chi connectivity index (χ4n) is 1.50. The Balaban J connectivity index is 2.41. The number of nitrogens with two attached hydrogens (primary N) is 1. The van der Waals surface area contributed by atoms with E-state index in [0.29, 0.717) is 11.7 Å². The van der Waals surface area contributed by atoms with Crippen LogP contribution in [0.1, 0.15) is 11.1 Å². The molecule has 82 valence electrons. The summed E-state index contributed by atoms with van der Waals surface area (Å²) in [7, 11) is 0. The fourth-order valence-corrected chi connectivity index (χ4v) is 1.73. The number of rotatable bonds is 2. The summed E-state index contributed by atoms with van der Waals surface area (Å²) >= 11 is 6.02. The highest BCUT2D eigenvalue weighted by Gasteiger charge is 2.03. The van der Waals surface area contributed by atoms with E-state index >= 15 is 0 Å². The maximum Gasteiger partial charge on any atom is 0.134 e. The Bertz CT molecular complexity index is 492. The molecule has 2 N–H and O–H groups in total. The highest BCUT2D eigenvalue weighted by atomic mass is 35.5. The van der Waals surface area contributed by atoms with Gasteiger partial charge in [0.1, 0.15) is 5.15 Å². The highest BCUT2D eigenvalue weighted by molar-refractivity contribution is 6.30. The lowest BCUT2D eigenvalue weighted by Crippen LogP contribution is -1.99. The lowest BCUT2D eigenvalue weighted by Gasteiger charge is -2.05. The average Bonchev–Trinajstić information content (AvgIpc) is 2.30. The molecule has 0 aliphatic carbocycles. The molecule has 0 saturated carbocycles. The summed E-state index contributed by atoms with van der Waals surface area (Å²) in [5.74, 6) is 0. The quantitative estimate of drug-likeness (QED) is 0.808. The van der Waals surface area contributed by atoms with Gasteiger partial charge in [0.25, 0.3) is 0 Å². The minimum atomic E-state index is 0.417. The van der Waals surface area contributed by atoms with Crippen molar-refractivity contribution < 1.29 is 0 Å². The molecule has 0 aliphatic heterocycles. The first-order valence-corrected chi connectivity index (χ1v) is 5.51. The van der Waals surface area contributed by atoms with E-state index < -0.39 is 0 Å². The van der Waals surface area contributed by atoms with Crippen LogP contribution in [0, 0.1) is 6.92 Å². The topological polar surface area (TPSA) is 38.9 Å². The second-order valence-corrected chi connectivity index (χ2v) is 4.07. The molecular weight excluding hydrogens is 220 g/mol. The minimum Gasteiger partial charge on any atom is -0.326 e. The zero-order chi connectivity index (χ0) is 11.5. The van der Waals surface area contributed by atoms with Gasteiger partial charge < -0.3 is 5.73 Å². The van der Waals surface area contributed by atoms with Crippen molar-refractivity contribution in [1.82, 2.24) is 4.98 Å². The van der Waals surface area contributed by atoms with Crippen LogP contribution in [0.15, 0.2) is 36.4 Å². The molecule has 1 heterocycles. The van der Waals surface area contributed by atoms with Gasteiger partial charge in [-0.15, -0.1) is 0 Å². The van der Waals surface area contributed by atoms with Crippen LogP contribution in [0.5, 0.6) is 0 Å². The Hall–Kier alpha value is -1.38. The maximum atomic E-state index is 6.02. The summed E-state index contributed by atoms with van der Waals surface area (Å²) in [5, 5.41) is 0.487.